The van der Waals surface area contributed by atoms with Gasteiger partial charge in [0.2, 0.25) is 0 Å². The van der Waals surface area contributed by atoms with Crippen LogP contribution < -0.4 is 0 Å². The maximum Gasteiger partial charge on any atom is 0.305 e. The third-order valence-electron chi connectivity index (χ3n) is 4.19. The lowest BCUT2D eigenvalue weighted by atomic mass is 10.1. The summed E-state index contributed by atoms with van der Waals surface area (Å²) in [5.74, 6) is -2.04. The number of carbonyl (C=O) groups excluding carboxylic acids is 1. The Kier molecular flexibility index (Phi) is 5.57. The van der Waals surface area contributed by atoms with Gasteiger partial charge in [0.25, 0.3) is 5.91 Å². The molecule has 1 amide bonds. The van der Waals surface area contributed by atoms with Crippen LogP contribution in [-0.2, 0) is 9.53 Å². The summed E-state index contributed by atoms with van der Waals surface area (Å²) in [6.45, 7) is 0.964. The maximum atomic E-state index is 14.4. The normalized spacial score (nSPS) is 16.6. The van der Waals surface area contributed by atoms with Crippen molar-refractivity contribution in [2.75, 3.05) is 19.7 Å². The molecule has 1 saturated heterocycles. The van der Waals surface area contributed by atoms with E-state index in [9.17, 15) is 14.0 Å². The molecule has 1 atom stereocenters. The smallest absolute Gasteiger partial charge is 0.305 e. The van der Waals surface area contributed by atoms with Crippen LogP contribution in [0.25, 0.3) is 5.69 Å². The lowest BCUT2D eigenvalue weighted by Crippen LogP contribution is -2.38. The lowest BCUT2D eigenvalue weighted by Gasteiger charge is -2.25. The number of rotatable bonds is 7. The summed E-state index contributed by atoms with van der Waals surface area (Å²) in [6.07, 6.45) is 4.07. The molecule has 9 heteroatoms. The minimum atomic E-state index is -0.997. The van der Waals surface area contributed by atoms with Gasteiger partial charge in [-0.05, 0) is 31.0 Å². The summed E-state index contributed by atoms with van der Waals surface area (Å²) < 4.78 is 21.2. The highest BCUT2D eigenvalue weighted by Crippen LogP contribution is 2.18. The Hall–Kier alpha value is -2.81. The highest BCUT2D eigenvalue weighted by atomic mass is 19.1. The summed E-state index contributed by atoms with van der Waals surface area (Å²) >= 11 is 0. The van der Waals surface area contributed by atoms with Crippen molar-refractivity contribution in [3.05, 3.63) is 42.2 Å². The summed E-state index contributed by atoms with van der Waals surface area (Å²) in [6, 6.07) is 4.06. The number of nitrogens with zero attached hydrogens (tertiary/aromatic N) is 4. The second kappa shape index (κ2) is 8.05. The van der Waals surface area contributed by atoms with Gasteiger partial charge in [-0.3, -0.25) is 9.59 Å². The molecule has 0 spiro atoms. The Morgan fingerprint density at radius 1 is 1.42 bits per heavy atom. The molecule has 0 saturated carbocycles. The van der Waals surface area contributed by atoms with Gasteiger partial charge < -0.3 is 14.7 Å². The van der Waals surface area contributed by atoms with Crippen molar-refractivity contribution < 1.29 is 23.8 Å². The van der Waals surface area contributed by atoms with E-state index in [1.54, 1.807) is 0 Å². The van der Waals surface area contributed by atoms with Gasteiger partial charge in [0.05, 0.1) is 12.5 Å². The van der Waals surface area contributed by atoms with E-state index in [0.29, 0.717) is 13.2 Å². The standard InChI is InChI=1S/C17H19FN4O4/c18-14-8-12(3-4-15(14)22-11-19-10-20-22)17(25)21(6-5-16(23)24)9-13-2-1-7-26-13/h3-4,8,10-11,13H,1-2,5-7,9H2,(H,23,24)/t13-/m1/s1. The number of hydrogen-bond donors (Lipinski definition) is 1. The predicted molar refractivity (Wildman–Crippen MR) is 88.4 cm³/mol. The quantitative estimate of drug-likeness (QED) is 0.802. The van der Waals surface area contributed by atoms with E-state index in [1.165, 1.54) is 34.4 Å². The van der Waals surface area contributed by atoms with E-state index in [1.807, 2.05) is 0 Å². The van der Waals surface area contributed by atoms with E-state index in [-0.39, 0.29) is 30.3 Å². The number of carbonyl (C=O) groups is 2. The molecule has 26 heavy (non-hydrogen) atoms. The largest absolute Gasteiger partial charge is 0.481 e. The Balaban J connectivity index is 1.78. The molecule has 2 aromatic rings. The number of aliphatic carboxylic acids is 1. The summed E-state index contributed by atoms with van der Waals surface area (Å²) in [7, 11) is 0. The molecular formula is C17H19FN4O4. The summed E-state index contributed by atoms with van der Waals surface area (Å²) in [4.78, 5) is 28.8. The zero-order valence-corrected chi connectivity index (χ0v) is 14.0. The Morgan fingerprint density at radius 3 is 2.88 bits per heavy atom. The first-order valence-corrected chi connectivity index (χ1v) is 8.32. The molecule has 1 aromatic carbocycles. The first-order valence-electron chi connectivity index (χ1n) is 8.32. The number of amides is 1. The van der Waals surface area contributed by atoms with Crippen LogP contribution in [0.2, 0.25) is 0 Å². The van der Waals surface area contributed by atoms with Crippen LogP contribution in [-0.4, -0.2) is 62.4 Å². The molecule has 3 rings (SSSR count). The van der Waals surface area contributed by atoms with E-state index < -0.39 is 17.7 Å². The third-order valence-corrected chi connectivity index (χ3v) is 4.19. The second-order valence-corrected chi connectivity index (χ2v) is 6.04. The van der Waals surface area contributed by atoms with Gasteiger partial charge in [0.15, 0.2) is 0 Å². The molecule has 1 aliphatic heterocycles. The molecule has 1 aromatic heterocycles. The van der Waals surface area contributed by atoms with Crippen molar-refractivity contribution in [1.82, 2.24) is 19.7 Å². The van der Waals surface area contributed by atoms with E-state index in [4.69, 9.17) is 9.84 Å². The molecule has 0 bridgehead atoms. The monoisotopic (exact) mass is 362 g/mol. The highest BCUT2D eigenvalue weighted by Gasteiger charge is 2.24. The number of carboxylic acid groups (broad SMARTS) is 1. The van der Waals surface area contributed by atoms with Crippen molar-refractivity contribution >= 4 is 11.9 Å². The molecule has 0 unspecified atom stereocenters. The minimum Gasteiger partial charge on any atom is -0.481 e. The number of aromatic nitrogens is 3. The molecule has 1 aliphatic rings. The van der Waals surface area contributed by atoms with Crippen LogP contribution in [0.15, 0.2) is 30.9 Å². The maximum absolute atomic E-state index is 14.4. The van der Waals surface area contributed by atoms with Gasteiger partial charge in [-0.2, -0.15) is 5.10 Å². The van der Waals surface area contributed by atoms with Crippen LogP contribution in [0.3, 0.4) is 0 Å². The second-order valence-electron chi connectivity index (χ2n) is 6.04. The lowest BCUT2D eigenvalue weighted by molar-refractivity contribution is -0.137. The average Bonchev–Trinajstić information content (AvgIpc) is 3.31. The van der Waals surface area contributed by atoms with Gasteiger partial charge >= 0.3 is 5.97 Å². The number of halogens is 1. The topological polar surface area (TPSA) is 97.6 Å². The van der Waals surface area contributed by atoms with Crippen LogP contribution in [0, 0.1) is 5.82 Å². The highest BCUT2D eigenvalue weighted by molar-refractivity contribution is 5.94. The van der Waals surface area contributed by atoms with Gasteiger partial charge in [-0.1, -0.05) is 0 Å². The molecule has 1 fully saturated rings. The Labute approximate surface area is 149 Å². The van der Waals surface area contributed by atoms with Crippen molar-refractivity contribution in [3.63, 3.8) is 0 Å². The van der Waals surface area contributed by atoms with Crippen molar-refractivity contribution in [2.45, 2.75) is 25.4 Å². The zero-order chi connectivity index (χ0) is 18.5. The number of hydrogen-bond acceptors (Lipinski definition) is 5. The number of benzene rings is 1. The summed E-state index contributed by atoms with van der Waals surface area (Å²) in [5, 5.41) is 12.8. The fourth-order valence-corrected chi connectivity index (χ4v) is 2.88. The van der Waals surface area contributed by atoms with Crippen molar-refractivity contribution in [1.29, 1.82) is 0 Å². The summed E-state index contributed by atoms with van der Waals surface area (Å²) in [5.41, 5.74) is 0.324. The molecule has 138 valence electrons. The fraction of sp³-hybridized carbons (Fsp3) is 0.412. The SMILES string of the molecule is O=C(O)CCN(C[C@H]1CCCO1)C(=O)c1ccc(-n2cncn2)c(F)c1. The van der Waals surface area contributed by atoms with Crippen LogP contribution >= 0.6 is 0 Å². The first-order chi connectivity index (χ1) is 12.5. The van der Waals surface area contributed by atoms with Crippen molar-refractivity contribution in [2.24, 2.45) is 0 Å². The zero-order valence-electron chi connectivity index (χ0n) is 14.0. The van der Waals surface area contributed by atoms with Crippen molar-refractivity contribution in [3.8, 4) is 5.69 Å². The van der Waals surface area contributed by atoms with Crippen LogP contribution in [0.1, 0.15) is 29.6 Å². The molecule has 1 N–H and O–H groups in total. The van der Waals surface area contributed by atoms with Crippen LogP contribution in [0.4, 0.5) is 4.39 Å². The van der Waals surface area contributed by atoms with Gasteiger partial charge in [-0.25, -0.2) is 14.1 Å². The molecular weight excluding hydrogens is 343 g/mol. The first kappa shape index (κ1) is 18.0. The third kappa shape index (κ3) is 4.23. The number of ether oxygens (including phenoxy) is 1. The minimum absolute atomic E-state index is 0.0421. The molecule has 8 nitrogen and oxygen atoms in total. The van der Waals surface area contributed by atoms with Gasteiger partial charge in [0.1, 0.15) is 24.2 Å². The Morgan fingerprint density at radius 2 is 2.27 bits per heavy atom. The molecule has 0 aliphatic carbocycles. The van der Waals surface area contributed by atoms with E-state index >= 15 is 0 Å². The van der Waals surface area contributed by atoms with E-state index in [0.717, 1.165) is 18.9 Å². The van der Waals surface area contributed by atoms with Gasteiger partial charge in [0, 0.05) is 25.3 Å². The number of carboxylic acids is 1. The average molecular weight is 362 g/mol. The van der Waals surface area contributed by atoms with Crippen LogP contribution in [0.5, 0.6) is 0 Å². The molecule has 0 radical (unpaired) electrons. The van der Waals surface area contributed by atoms with Gasteiger partial charge in [-0.15, -0.1) is 0 Å². The Bertz CT molecular complexity index is 775. The molecule has 2 heterocycles. The predicted octanol–water partition coefficient (Wildman–Crippen LogP) is 1.50. The fourth-order valence-electron chi connectivity index (χ4n) is 2.88. The van der Waals surface area contributed by atoms with E-state index in [2.05, 4.69) is 10.1 Å².